The monoisotopic (exact) mass is 275 g/mol. The Balaban J connectivity index is 2.11. The van der Waals surface area contributed by atoms with Gasteiger partial charge in [-0.1, -0.05) is 13.8 Å². The van der Waals surface area contributed by atoms with Crippen molar-refractivity contribution < 1.29 is 17.2 Å². The minimum absolute atomic E-state index is 0.244. The van der Waals surface area contributed by atoms with Crippen molar-refractivity contribution in [2.24, 2.45) is 5.41 Å². The van der Waals surface area contributed by atoms with E-state index >= 15 is 0 Å². The smallest absolute Gasteiger partial charge is 0.341 e. The van der Waals surface area contributed by atoms with Crippen LogP contribution in [0.3, 0.4) is 0 Å². The van der Waals surface area contributed by atoms with E-state index in [4.69, 9.17) is 0 Å². The number of sulfone groups is 1. The molecule has 1 aromatic rings. The topological polar surface area (TPSA) is 46.2 Å². The van der Waals surface area contributed by atoms with Gasteiger partial charge in [0.15, 0.2) is 0 Å². The molecule has 0 spiro atoms. The summed E-state index contributed by atoms with van der Waals surface area (Å²) in [6.45, 7) is 4.25. The van der Waals surface area contributed by atoms with Crippen LogP contribution >= 0.6 is 0 Å². The maximum atomic E-state index is 12.3. The number of hydrogen-bond donors (Lipinski definition) is 1. The van der Waals surface area contributed by atoms with Crippen LogP contribution < -0.4 is 5.32 Å². The van der Waals surface area contributed by atoms with Crippen LogP contribution in [0.2, 0.25) is 0 Å². The van der Waals surface area contributed by atoms with Gasteiger partial charge in [-0.05, 0) is 36.1 Å². The number of alkyl halides is 2. The normalized spacial score (nSPS) is 21.9. The third kappa shape index (κ3) is 2.48. The maximum absolute atomic E-state index is 12.3. The number of anilines is 1. The number of benzene rings is 1. The van der Waals surface area contributed by atoms with E-state index in [2.05, 4.69) is 19.2 Å². The highest BCUT2D eigenvalue weighted by atomic mass is 32.2. The first-order valence-electron chi connectivity index (χ1n) is 5.62. The second-order valence-electron chi connectivity index (χ2n) is 5.22. The first-order chi connectivity index (χ1) is 8.23. The van der Waals surface area contributed by atoms with E-state index < -0.39 is 15.6 Å². The van der Waals surface area contributed by atoms with Gasteiger partial charge in [0.2, 0.25) is 9.84 Å². The molecule has 1 atom stereocenters. The Morgan fingerprint density at radius 1 is 1.28 bits per heavy atom. The Bertz CT molecular complexity index is 538. The standard InChI is InChI=1S/C12H15F2NO2S/c1-12(2)7-10(12)15-8-3-5-9(6-4-8)18(16,17)11(13)14/h3-6,10-11,15H,7H2,1-2H3. The van der Waals surface area contributed by atoms with E-state index in [0.29, 0.717) is 6.04 Å². The van der Waals surface area contributed by atoms with E-state index in [1.807, 2.05) is 0 Å². The maximum Gasteiger partial charge on any atom is 0.341 e. The molecule has 1 fully saturated rings. The molecular weight excluding hydrogens is 260 g/mol. The van der Waals surface area contributed by atoms with Crippen molar-refractivity contribution >= 4 is 15.5 Å². The summed E-state index contributed by atoms with van der Waals surface area (Å²) in [6, 6.07) is 5.81. The lowest BCUT2D eigenvalue weighted by Crippen LogP contribution is -2.12. The van der Waals surface area contributed by atoms with Crippen molar-refractivity contribution in [1.29, 1.82) is 0 Å². The van der Waals surface area contributed by atoms with E-state index in [1.54, 1.807) is 0 Å². The fraction of sp³-hybridized carbons (Fsp3) is 0.500. The van der Waals surface area contributed by atoms with Gasteiger partial charge in [0, 0.05) is 11.7 Å². The van der Waals surface area contributed by atoms with Crippen molar-refractivity contribution in [3.63, 3.8) is 0 Å². The summed E-state index contributed by atoms with van der Waals surface area (Å²) in [5.41, 5.74) is 0.993. The zero-order chi connectivity index (χ0) is 13.6. The molecular formula is C12H15F2NO2S. The Labute approximate surface area is 105 Å². The SMILES string of the molecule is CC1(C)CC1Nc1ccc(S(=O)(=O)C(F)F)cc1. The Hall–Kier alpha value is -1.17. The Kier molecular flexibility index (Phi) is 3.09. The molecule has 1 aromatic carbocycles. The molecule has 6 heteroatoms. The quantitative estimate of drug-likeness (QED) is 0.919. The van der Waals surface area contributed by atoms with Gasteiger partial charge in [0.25, 0.3) is 0 Å². The lowest BCUT2D eigenvalue weighted by Gasteiger charge is -2.09. The zero-order valence-electron chi connectivity index (χ0n) is 10.2. The van der Waals surface area contributed by atoms with Crippen LogP contribution in [0.15, 0.2) is 29.2 Å². The van der Waals surface area contributed by atoms with Crippen LogP contribution in [0.25, 0.3) is 0 Å². The molecule has 3 nitrogen and oxygen atoms in total. The lowest BCUT2D eigenvalue weighted by molar-refractivity contribution is 0.234. The van der Waals surface area contributed by atoms with E-state index in [0.717, 1.165) is 12.1 Å². The van der Waals surface area contributed by atoms with E-state index in [-0.39, 0.29) is 10.3 Å². The third-order valence-electron chi connectivity index (χ3n) is 3.27. The number of hydrogen-bond acceptors (Lipinski definition) is 3. The second kappa shape index (κ2) is 4.19. The average Bonchev–Trinajstić information content (AvgIpc) is 2.86. The van der Waals surface area contributed by atoms with Gasteiger partial charge >= 0.3 is 5.76 Å². The minimum atomic E-state index is -4.49. The van der Waals surface area contributed by atoms with Crippen LogP contribution in [-0.2, 0) is 9.84 Å². The molecule has 0 aromatic heterocycles. The molecule has 0 bridgehead atoms. The van der Waals surface area contributed by atoms with Crippen LogP contribution in [0, 0.1) is 5.41 Å². The number of rotatable bonds is 4. The summed E-state index contributed by atoms with van der Waals surface area (Å²) in [5.74, 6) is -3.38. The van der Waals surface area contributed by atoms with Gasteiger partial charge in [0.05, 0.1) is 4.90 Å². The minimum Gasteiger partial charge on any atom is -0.382 e. The fourth-order valence-corrected chi connectivity index (χ4v) is 2.48. The largest absolute Gasteiger partial charge is 0.382 e. The zero-order valence-corrected chi connectivity index (χ0v) is 11.0. The van der Waals surface area contributed by atoms with Gasteiger partial charge in [-0.25, -0.2) is 8.42 Å². The summed E-state index contributed by atoms with van der Waals surface area (Å²) in [7, 11) is -4.49. The molecule has 0 radical (unpaired) electrons. The van der Waals surface area contributed by atoms with Crippen LogP contribution in [0.5, 0.6) is 0 Å². The Morgan fingerprint density at radius 3 is 2.17 bits per heavy atom. The van der Waals surface area contributed by atoms with Crippen molar-refractivity contribution in [2.75, 3.05) is 5.32 Å². The second-order valence-corrected chi connectivity index (χ2v) is 7.14. The molecule has 0 aliphatic heterocycles. The predicted molar refractivity (Wildman–Crippen MR) is 65.4 cm³/mol. The van der Waals surface area contributed by atoms with Crippen molar-refractivity contribution in [2.45, 2.75) is 37.0 Å². The summed E-state index contributed by atoms with van der Waals surface area (Å²) in [6.07, 6.45) is 1.05. The van der Waals surface area contributed by atoms with Gasteiger partial charge in [0.1, 0.15) is 0 Å². The van der Waals surface area contributed by atoms with Gasteiger partial charge < -0.3 is 5.32 Å². The predicted octanol–water partition coefficient (Wildman–Crippen LogP) is 2.89. The van der Waals surface area contributed by atoms with Crippen LogP contribution in [0.1, 0.15) is 20.3 Å². The molecule has 0 heterocycles. The summed E-state index contributed by atoms with van der Waals surface area (Å²) < 4.78 is 47.1. The number of halogens is 2. The highest BCUT2D eigenvalue weighted by Crippen LogP contribution is 2.46. The van der Waals surface area contributed by atoms with Crippen molar-refractivity contribution in [1.82, 2.24) is 0 Å². The fourth-order valence-electron chi connectivity index (χ4n) is 1.76. The molecule has 1 saturated carbocycles. The molecule has 1 unspecified atom stereocenters. The highest BCUT2D eigenvalue weighted by Gasteiger charge is 2.45. The molecule has 2 rings (SSSR count). The van der Waals surface area contributed by atoms with Crippen LogP contribution in [-0.4, -0.2) is 20.2 Å². The molecule has 1 N–H and O–H groups in total. The molecule has 1 aliphatic carbocycles. The summed E-state index contributed by atoms with van der Waals surface area (Å²) in [5, 5.41) is 3.23. The van der Waals surface area contributed by atoms with Gasteiger partial charge in [-0.3, -0.25) is 0 Å². The molecule has 0 amide bonds. The third-order valence-corrected chi connectivity index (χ3v) is 4.67. The Morgan fingerprint density at radius 2 is 1.78 bits per heavy atom. The summed E-state index contributed by atoms with van der Waals surface area (Å²) >= 11 is 0. The molecule has 18 heavy (non-hydrogen) atoms. The first kappa shape index (κ1) is 13.3. The average molecular weight is 275 g/mol. The van der Waals surface area contributed by atoms with E-state index in [9.17, 15) is 17.2 Å². The lowest BCUT2D eigenvalue weighted by atomic mass is 10.2. The highest BCUT2D eigenvalue weighted by molar-refractivity contribution is 7.91. The first-order valence-corrected chi connectivity index (χ1v) is 7.17. The van der Waals surface area contributed by atoms with Crippen molar-refractivity contribution in [3.8, 4) is 0 Å². The van der Waals surface area contributed by atoms with Crippen LogP contribution in [0.4, 0.5) is 14.5 Å². The molecule has 0 saturated heterocycles. The number of nitrogens with one attached hydrogen (secondary N) is 1. The van der Waals surface area contributed by atoms with Gasteiger partial charge in [-0.15, -0.1) is 0 Å². The van der Waals surface area contributed by atoms with Gasteiger partial charge in [-0.2, -0.15) is 8.78 Å². The summed E-state index contributed by atoms with van der Waals surface area (Å²) in [4.78, 5) is -0.349. The van der Waals surface area contributed by atoms with Crippen molar-refractivity contribution in [3.05, 3.63) is 24.3 Å². The molecule has 1 aliphatic rings. The molecule has 100 valence electrons. The van der Waals surface area contributed by atoms with E-state index in [1.165, 1.54) is 24.3 Å².